The number of nitrogens with zero attached hydrogens (tertiary/aromatic N) is 3. The van der Waals surface area contributed by atoms with Crippen LogP contribution in [0.15, 0.2) is 23.6 Å². The van der Waals surface area contributed by atoms with Gasteiger partial charge >= 0.3 is 0 Å². The highest BCUT2D eigenvalue weighted by Crippen LogP contribution is 2.11. The van der Waals surface area contributed by atoms with Gasteiger partial charge in [0.05, 0.1) is 10.2 Å². The van der Waals surface area contributed by atoms with Gasteiger partial charge < -0.3 is 0 Å². The first-order chi connectivity index (χ1) is 5.74. The Hall–Kier alpha value is -2.05. The van der Waals surface area contributed by atoms with Gasteiger partial charge in [-0.3, -0.25) is 10.1 Å². The van der Waals surface area contributed by atoms with Crippen molar-refractivity contribution < 1.29 is 4.92 Å². The van der Waals surface area contributed by atoms with Crippen LogP contribution >= 0.6 is 0 Å². The van der Waals surface area contributed by atoms with E-state index in [0.29, 0.717) is 0 Å². The fraction of sp³-hybridized carbons (Fsp3) is 0. The SMILES string of the molecule is O=NNc1ccc([N+](=O)[O-])cn1. The number of rotatable bonds is 3. The van der Waals surface area contributed by atoms with Gasteiger partial charge in [0.25, 0.3) is 5.69 Å². The average molecular weight is 168 g/mol. The van der Waals surface area contributed by atoms with E-state index in [2.05, 4.69) is 10.3 Å². The van der Waals surface area contributed by atoms with Crippen molar-refractivity contribution in [2.45, 2.75) is 0 Å². The second kappa shape index (κ2) is 3.37. The molecule has 1 N–H and O–H groups in total. The first kappa shape index (κ1) is 8.05. The lowest BCUT2D eigenvalue weighted by Gasteiger charge is -1.93. The number of hydrogen-bond donors (Lipinski definition) is 1. The van der Waals surface area contributed by atoms with Crippen LogP contribution < -0.4 is 5.43 Å². The van der Waals surface area contributed by atoms with Crippen LogP contribution in [0.3, 0.4) is 0 Å². The zero-order valence-electron chi connectivity index (χ0n) is 5.80. The molecule has 0 aliphatic rings. The summed E-state index contributed by atoms with van der Waals surface area (Å²) in [5.74, 6) is 0.176. The summed E-state index contributed by atoms with van der Waals surface area (Å²) < 4.78 is 0. The summed E-state index contributed by atoms with van der Waals surface area (Å²) in [6, 6.07) is 2.51. The zero-order valence-corrected chi connectivity index (χ0v) is 5.80. The largest absolute Gasteiger partial charge is 0.287 e. The fourth-order valence-electron chi connectivity index (χ4n) is 0.607. The quantitative estimate of drug-likeness (QED) is 0.413. The molecular formula is C5H4N4O3. The maximum absolute atomic E-state index is 10.1. The molecule has 0 atom stereocenters. The highest BCUT2D eigenvalue weighted by atomic mass is 16.6. The maximum atomic E-state index is 10.1. The number of aromatic nitrogens is 1. The van der Waals surface area contributed by atoms with Gasteiger partial charge in [0.15, 0.2) is 0 Å². The molecule has 1 heterocycles. The van der Waals surface area contributed by atoms with Gasteiger partial charge in [-0.1, -0.05) is 0 Å². The molecule has 62 valence electrons. The van der Waals surface area contributed by atoms with E-state index in [1.807, 2.05) is 5.43 Å². The topological polar surface area (TPSA) is 97.5 Å². The van der Waals surface area contributed by atoms with Crippen molar-refractivity contribution in [1.29, 1.82) is 0 Å². The second-order valence-electron chi connectivity index (χ2n) is 1.86. The van der Waals surface area contributed by atoms with E-state index in [1.165, 1.54) is 12.1 Å². The molecular weight excluding hydrogens is 164 g/mol. The molecule has 1 aromatic heterocycles. The minimum absolute atomic E-state index is 0.133. The van der Waals surface area contributed by atoms with Gasteiger partial charge in [0.1, 0.15) is 12.0 Å². The summed E-state index contributed by atoms with van der Waals surface area (Å²) >= 11 is 0. The Morgan fingerprint density at radius 1 is 1.58 bits per heavy atom. The van der Waals surface area contributed by atoms with Gasteiger partial charge in [0, 0.05) is 6.07 Å². The van der Waals surface area contributed by atoms with Crippen molar-refractivity contribution in [2.24, 2.45) is 5.29 Å². The van der Waals surface area contributed by atoms with E-state index in [-0.39, 0.29) is 11.5 Å². The third-order valence-electron chi connectivity index (χ3n) is 1.12. The Bertz CT molecular complexity index is 296. The van der Waals surface area contributed by atoms with Crippen LogP contribution in [0.1, 0.15) is 0 Å². The first-order valence-electron chi connectivity index (χ1n) is 2.93. The summed E-state index contributed by atoms with van der Waals surface area (Å²) in [5, 5.41) is 12.5. The van der Waals surface area contributed by atoms with Crippen LogP contribution in [0, 0.1) is 15.0 Å². The lowest BCUT2D eigenvalue weighted by Crippen LogP contribution is -1.92. The molecule has 0 radical (unpaired) electrons. The van der Waals surface area contributed by atoms with Gasteiger partial charge in [-0.15, -0.1) is 4.91 Å². The molecule has 1 rings (SSSR count). The number of anilines is 1. The summed E-state index contributed by atoms with van der Waals surface area (Å²) in [6.07, 6.45) is 1.04. The highest BCUT2D eigenvalue weighted by Gasteiger charge is 2.04. The molecule has 7 nitrogen and oxygen atoms in total. The Balaban J connectivity index is 2.85. The summed E-state index contributed by atoms with van der Waals surface area (Å²) in [7, 11) is 0. The molecule has 0 saturated carbocycles. The number of nitrogens with one attached hydrogen (secondary N) is 1. The van der Waals surface area contributed by atoms with E-state index in [4.69, 9.17) is 0 Å². The Morgan fingerprint density at radius 2 is 2.33 bits per heavy atom. The molecule has 12 heavy (non-hydrogen) atoms. The molecule has 0 bridgehead atoms. The summed E-state index contributed by atoms with van der Waals surface area (Å²) in [5.41, 5.74) is 1.88. The molecule has 1 aromatic rings. The zero-order chi connectivity index (χ0) is 8.97. The number of nitro groups is 1. The van der Waals surface area contributed by atoms with E-state index in [0.717, 1.165) is 6.20 Å². The number of nitroso groups, excluding NO2 is 1. The molecule has 0 spiro atoms. The standard InChI is InChI=1S/C5H4N4O3/c10-8-7-5-2-1-4(3-6-5)9(11)12/h1-3H,(H,6,7,10). The molecule has 0 aliphatic heterocycles. The van der Waals surface area contributed by atoms with Gasteiger partial charge in [-0.05, 0) is 6.07 Å². The smallest absolute Gasteiger partial charge is 0.258 e. The number of pyridine rings is 1. The van der Waals surface area contributed by atoms with Gasteiger partial charge in [0.2, 0.25) is 0 Å². The van der Waals surface area contributed by atoms with Crippen LogP contribution in [0.25, 0.3) is 0 Å². The van der Waals surface area contributed by atoms with Crippen molar-refractivity contribution in [3.05, 3.63) is 33.4 Å². The van der Waals surface area contributed by atoms with Gasteiger partial charge in [-0.2, -0.15) is 0 Å². The third kappa shape index (κ3) is 1.72. The predicted molar refractivity (Wildman–Crippen MR) is 40.3 cm³/mol. The normalized spacial score (nSPS) is 9.00. The maximum Gasteiger partial charge on any atom is 0.287 e. The molecule has 0 aromatic carbocycles. The monoisotopic (exact) mass is 168 g/mol. The van der Waals surface area contributed by atoms with Crippen LogP contribution in [-0.2, 0) is 0 Å². The molecule has 0 fully saturated rings. The van der Waals surface area contributed by atoms with E-state index in [1.54, 1.807) is 0 Å². The molecule has 0 saturated heterocycles. The van der Waals surface area contributed by atoms with Crippen molar-refractivity contribution >= 4 is 11.5 Å². The second-order valence-corrected chi connectivity index (χ2v) is 1.86. The van der Waals surface area contributed by atoms with Crippen LogP contribution in [0.5, 0.6) is 0 Å². The van der Waals surface area contributed by atoms with Crippen molar-refractivity contribution in [2.75, 3.05) is 5.43 Å². The van der Waals surface area contributed by atoms with E-state index in [9.17, 15) is 15.0 Å². The van der Waals surface area contributed by atoms with Crippen LogP contribution in [0.4, 0.5) is 11.5 Å². The van der Waals surface area contributed by atoms with Crippen LogP contribution in [0.2, 0.25) is 0 Å². The molecule has 0 aliphatic carbocycles. The van der Waals surface area contributed by atoms with E-state index >= 15 is 0 Å². The summed E-state index contributed by atoms with van der Waals surface area (Å²) in [4.78, 5) is 22.8. The van der Waals surface area contributed by atoms with Crippen LogP contribution in [-0.4, -0.2) is 9.91 Å². The third-order valence-corrected chi connectivity index (χ3v) is 1.12. The minimum Gasteiger partial charge on any atom is -0.258 e. The Kier molecular flexibility index (Phi) is 2.26. The summed E-state index contributed by atoms with van der Waals surface area (Å²) in [6.45, 7) is 0. The lowest BCUT2D eigenvalue weighted by atomic mass is 10.4. The molecule has 0 unspecified atom stereocenters. The Morgan fingerprint density at radius 3 is 2.75 bits per heavy atom. The van der Waals surface area contributed by atoms with E-state index < -0.39 is 4.92 Å². The fourth-order valence-corrected chi connectivity index (χ4v) is 0.607. The molecule has 0 amide bonds. The molecule has 7 heteroatoms. The lowest BCUT2D eigenvalue weighted by molar-refractivity contribution is -0.385. The van der Waals surface area contributed by atoms with Crippen molar-refractivity contribution in [1.82, 2.24) is 4.98 Å². The average Bonchev–Trinajstić information content (AvgIpc) is 2.06. The minimum atomic E-state index is -0.578. The van der Waals surface area contributed by atoms with Crippen molar-refractivity contribution in [3.63, 3.8) is 0 Å². The highest BCUT2D eigenvalue weighted by molar-refractivity contribution is 5.39. The Labute approximate surface area is 66.5 Å². The predicted octanol–water partition coefficient (Wildman–Crippen LogP) is 1.08. The van der Waals surface area contributed by atoms with Crippen molar-refractivity contribution in [3.8, 4) is 0 Å². The first-order valence-corrected chi connectivity index (χ1v) is 2.93. The van der Waals surface area contributed by atoms with Gasteiger partial charge in [-0.25, -0.2) is 10.4 Å². The number of hydrogen-bond acceptors (Lipinski definition) is 5.